The monoisotopic (exact) mass is 388 g/mol. The fourth-order valence-corrected chi connectivity index (χ4v) is 5.05. The predicted molar refractivity (Wildman–Crippen MR) is 110 cm³/mol. The minimum atomic E-state index is 1.11. The maximum atomic E-state index is 3.60. The molecule has 0 amide bonds. The Morgan fingerprint density at radius 3 is 2.21 bits per heavy atom. The maximum absolute atomic E-state index is 3.60. The van der Waals surface area contributed by atoms with Crippen LogP contribution in [0.25, 0.3) is 42.1 Å². The van der Waals surface area contributed by atoms with Gasteiger partial charge in [0.25, 0.3) is 0 Å². The first-order chi connectivity index (χ1) is 11.8. The zero-order chi connectivity index (χ0) is 16.1. The van der Waals surface area contributed by atoms with Gasteiger partial charge in [-0.1, -0.05) is 70.5 Å². The van der Waals surface area contributed by atoms with Gasteiger partial charge in [-0.25, -0.2) is 0 Å². The molecule has 0 aliphatic heterocycles. The average Bonchev–Trinajstić information content (AvgIpc) is 2.99. The summed E-state index contributed by atoms with van der Waals surface area (Å²) >= 11 is 5.48. The van der Waals surface area contributed by atoms with Crippen LogP contribution in [0.4, 0.5) is 0 Å². The van der Waals surface area contributed by atoms with Crippen LogP contribution in [0.5, 0.6) is 0 Å². The van der Waals surface area contributed by atoms with E-state index in [4.69, 9.17) is 0 Å². The zero-order valence-corrected chi connectivity index (χ0v) is 15.2. The van der Waals surface area contributed by atoms with Gasteiger partial charge < -0.3 is 0 Å². The van der Waals surface area contributed by atoms with Crippen LogP contribution in [0, 0.1) is 0 Å². The van der Waals surface area contributed by atoms with E-state index < -0.39 is 0 Å². The molecule has 114 valence electrons. The highest BCUT2D eigenvalue weighted by Crippen LogP contribution is 2.42. The van der Waals surface area contributed by atoms with Crippen molar-refractivity contribution in [3.05, 3.63) is 83.3 Å². The third-order valence-corrected chi connectivity index (χ3v) is 6.13. The molecule has 1 aromatic heterocycles. The molecule has 0 saturated carbocycles. The van der Waals surface area contributed by atoms with E-state index in [9.17, 15) is 0 Å². The van der Waals surface area contributed by atoms with E-state index in [2.05, 4.69) is 94.8 Å². The Morgan fingerprint density at radius 2 is 1.38 bits per heavy atom. The summed E-state index contributed by atoms with van der Waals surface area (Å²) in [6.07, 6.45) is 0. The molecule has 5 aromatic rings. The molecule has 0 fully saturated rings. The second kappa shape index (κ2) is 5.44. The lowest BCUT2D eigenvalue weighted by Gasteiger charge is -2.09. The highest BCUT2D eigenvalue weighted by Gasteiger charge is 2.13. The third-order valence-electron chi connectivity index (χ3n) is 4.52. The Balaban J connectivity index is 1.99. The van der Waals surface area contributed by atoms with E-state index in [0.29, 0.717) is 0 Å². The fraction of sp³-hybridized carbons (Fsp3) is 0. The summed E-state index contributed by atoms with van der Waals surface area (Å²) in [6, 6.07) is 28.4. The van der Waals surface area contributed by atoms with E-state index in [1.165, 1.54) is 42.1 Å². The minimum absolute atomic E-state index is 1.11. The number of hydrogen-bond acceptors (Lipinski definition) is 1. The summed E-state index contributed by atoms with van der Waals surface area (Å²) in [6.45, 7) is 0. The maximum Gasteiger partial charge on any atom is 0.0368 e. The molecule has 4 aromatic carbocycles. The van der Waals surface area contributed by atoms with Crippen LogP contribution in [0.3, 0.4) is 0 Å². The molecule has 0 nitrogen and oxygen atoms in total. The van der Waals surface area contributed by atoms with Gasteiger partial charge in [0.15, 0.2) is 0 Å². The van der Waals surface area contributed by atoms with Crippen molar-refractivity contribution in [3.8, 4) is 11.1 Å². The van der Waals surface area contributed by atoms with E-state index in [0.717, 1.165) is 4.47 Å². The van der Waals surface area contributed by atoms with Crippen LogP contribution in [-0.2, 0) is 0 Å². The normalized spacial score (nSPS) is 11.5. The van der Waals surface area contributed by atoms with E-state index in [1.54, 1.807) is 0 Å². The van der Waals surface area contributed by atoms with Crippen LogP contribution >= 0.6 is 27.3 Å². The zero-order valence-electron chi connectivity index (χ0n) is 12.8. The Labute approximate surface area is 152 Å². The Kier molecular flexibility index (Phi) is 3.22. The first-order valence-electron chi connectivity index (χ1n) is 7.90. The topological polar surface area (TPSA) is 0 Å². The lowest BCUT2D eigenvalue weighted by atomic mass is 9.95. The molecule has 0 atom stereocenters. The number of thiophene rings is 1. The number of rotatable bonds is 1. The summed E-state index contributed by atoms with van der Waals surface area (Å²) in [5, 5.41) is 5.38. The van der Waals surface area contributed by atoms with Crippen LogP contribution in [0.2, 0.25) is 0 Å². The third kappa shape index (κ3) is 2.10. The van der Waals surface area contributed by atoms with Gasteiger partial charge in [0.05, 0.1) is 0 Å². The van der Waals surface area contributed by atoms with Crippen LogP contribution in [0.1, 0.15) is 0 Å². The van der Waals surface area contributed by atoms with Crippen molar-refractivity contribution in [2.75, 3.05) is 0 Å². The second-order valence-electron chi connectivity index (χ2n) is 5.95. The molecule has 0 saturated heterocycles. The molecule has 0 spiro atoms. The molecule has 24 heavy (non-hydrogen) atoms. The summed E-state index contributed by atoms with van der Waals surface area (Å²) in [5.74, 6) is 0. The highest BCUT2D eigenvalue weighted by molar-refractivity contribution is 9.10. The van der Waals surface area contributed by atoms with E-state index in [1.807, 2.05) is 11.3 Å². The van der Waals surface area contributed by atoms with Crippen molar-refractivity contribution in [2.24, 2.45) is 0 Å². The fourth-order valence-electron chi connectivity index (χ4n) is 3.48. The molecule has 1 heterocycles. The van der Waals surface area contributed by atoms with Gasteiger partial charge in [-0.05, 0) is 46.2 Å². The number of halogens is 1. The molecule has 5 rings (SSSR count). The quantitative estimate of drug-likeness (QED) is 0.276. The average molecular weight is 389 g/mol. The Morgan fingerprint density at radius 1 is 0.625 bits per heavy atom. The van der Waals surface area contributed by atoms with Gasteiger partial charge in [0.2, 0.25) is 0 Å². The predicted octanol–water partition coefficient (Wildman–Crippen LogP) is 7.64. The van der Waals surface area contributed by atoms with Gasteiger partial charge in [0, 0.05) is 24.6 Å². The Hall–Kier alpha value is -2.16. The van der Waals surface area contributed by atoms with Crippen LogP contribution < -0.4 is 0 Å². The van der Waals surface area contributed by atoms with Gasteiger partial charge in [-0.3, -0.25) is 0 Å². The summed E-state index contributed by atoms with van der Waals surface area (Å²) in [5.41, 5.74) is 2.55. The van der Waals surface area contributed by atoms with Gasteiger partial charge in [-0.2, -0.15) is 0 Å². The van der Waals surface area contributed by atoms with Crippen molar-refractivity contribution in [1.82, 2.24) is 0 Å². The lowest BCUT2D eigenvalue weighted by molar-refractivity contribution is 1.63. The molecule has 0 bridgehead atoms. The molecule has 0 aliphatic carbocycles. The summed E-state index contributed by atoms with van der Waals surface area (Å²) in [4.78, 5) is 0. The molecular formula is C22H13BrS. The number of fused-ring (bicyclic) bond motifs is 5. The van der Waals surface area contributed by atoms with Crippen LogP contribution in [0.15, 0.2) is 83.3 Å². The Bertz CT molecular complexity index is 1220. The first kappa shape index (κ1) is 14.2. The summed E-state index contributed by atoms with van der Waals surface area (Å²) < 4.78 is 3.81. The van der Waals surface area contributed by atoms with Crippen molar-refractivity contribution in [1.29, 1.82) is 0 Å². The number of benzene rings is 4. The van der Waals surface area contributed by atoms with Crippen molar-refractivity contribution < 1.29 is 0 Å². The van der Waals surface area contributed by atoms with Crippen molar-refractivity contribution in [2.45, 2.75) is 0 Å². The molecule has 0 aliphatic rings. The largest absolute Gasteiger partial charge is 0.135 e. The van der Waals surface area contributed by atoms with E-state index >= 15 is 0 Å². The second-order valence-corrected chi connectivity index (χ2v) is 7.95. The smallest absolute Gasteiger partial charge is 0.0368 e. The molecule has 0 radical (unpaired) electrons. The number of hydrogen-bond donors (Lipinski definition) is 0. The molecule has 0 N–H and O–H groups in total. The van der Waals surface area contributed by atoms with E-state index in [-0.39, 0.29) is 0 Å². The first-order valence-corrected chi connectivity index (χ1v) is 9.51. The van der Waals surface area contributed by atoms with Crippen molar-refractivity contribution >= 4 is 58.2 Å². The van der Waals surface area contributed by atoms with Crippen LogP contribution in [-0.4, -0.2) is 0 Å². The highest BCUT2D eigenvalue weighted by atomic mass is 79.9. The van der Waals surface area contributed by atoms with Gasteiger partial charge in [0.1, 0.15) is 0 Å². The van der Waals surface area contributed by atoms with Gasteiger partial charge in [-0.15, -0.1) is 11.3 Å². The molecular weight excluding hydrogens is 376 g/mol. The standard InChI is InChI=1S/C22H13BrS/c23-15-7-5-6-14(12-15)19-13-21-22(17-9-2-1-8-16(17)19)18-10-3-4-11-20(18)24-21/h1-13H. The molecule has 2 heteroatoms. The SMILES string of the molecule is Brc1cccc(-c2cc3sc4ccccc4c3c3ccccc23)c1. The minimum Gasteiger partial charge on any atom is -0.135 e. The molecule has 0 unspecified atom stereocenters. The van der Waals surface area contributed by atoms with Gasteiger partial charge >= 0.3 is 0 Å². The lowest BCUT2D eigenvalue weighted by Crippen LogP contribution is -1.82. The van der Waals surface area contributed by atoms with Crippen molar-refractivity contribution in [3.63, 3.8) is 0 Å². The summed E-state index contributed by atoms with van der Waals surface area (Å²) in [7, 11) is 0.